The molecule has 3 nitrogen and oxygen atoms in total. The van der Waals surface area contributed by atoms with Gasteiger partial charge in [0, 0.05) is 6.54 Å². The minimum Gasteiger partial charge on any atom is -0.369 e. The van der Waals surface area contributed by atoms with E-state index in [1.54, 1.807) is 0 Å². The van der Waals surface area contributed by atoms with Crippen LogP contribution in [0, 0.1) is 0 Å². The van der Waals surface area contributed by atoms with E-state index in [0.29, 0.717) is 12.6 Å². The Balaban J connectivity index is 2.06. The summed E-state index contributed by atoms with van der Waals surface area (Å²) in [5.74, 6) is 0.164. The number of fused-ring (bicyclic) bond motifs is 1. The van der Waals surface area contributed by atoms with E-state index in [1.165, 1.54) is 0 Å². The highest BCUT2D eigenvalue weighted by atomic mass is 16.5. The minimum absolute atomic E-state index is 0.164. The van der Waals surface area contributed by atoms with Gasteiger partial charge in [-0.15, -0.1) is 0 Å². The second-order valence-electron chi connectivity index (χ2n) is 2.54. The molecule has 0 bridgehead atoms. The molecule has 0 aromatic heterocycles. The van der Waals surface area contributed by atoms with Crippen LogP contribution in [0.1, 0.15) is 6.42 Å². The first kappa shape index (κ1) is 5.23. The summed E-state index contributed by atoms with van der Waals surface area (Å²) >= 11 is 0. The zero-order valence-electron chi connectivity index (χ0n) is 5.17. The highest BCUT2D eigenvalue weighted by Gasteiger charge is 2.35. The van der Waals surface area contributed by atoms with Crippen molar-refractivity contribution in [1.29, 1.82) is 0 Å². The van der Waals surface area contributed by atoms with Crippen LogP contribution < -0.4 is 0 Å². The molecular weight excluding hydrogens is 118 g/mol. The van der Waals surface area contributed by atoms with E-state index >= 15 is 0 Å². The van der Waals surface area contributed by atoms with Gasteiger partial charge in [-0.3, -0.25) is 4.79 Å². The van der Waals surface area contributed by atoms with Crippen molar-refractivity contribution in [3.8, 4) is 0 Å². The molecule has 2 rings (SSSR count). The van der Waals surface area contributed by atoms with Gasteiger partial charge >= 0.3 is 0 Å². The van der Waals surface area contributed by atoms with Crippen LogP contribution in [-0.2, 0) is 9.53 Å². The molecule has 0 aromatic carbocycles. The van der Waals surface area contributed by atoms with Gasteiger partial charge in [-0.2, -0.15) is 0 Å². The van der Waals surface area contributed by atoms with Gasteiger partial charge < -0.3 is 9.64 Å². The lowest BCUT2D eigenvalue weighted by Crippen LogP contribution is -2.57. The van der Waals surface area contributed by atoms with Crippen LogP contribution in [0.2, 0.25) is 0 Å². The van der Waals surface area contributed by atoms with Crippen LogP contribution in [-0.4, -0.2) is 36.6 Å². The smallest absolute Gasteiger partial charge is 0.248 e. The molecule has 2 aliphatic heterocycles. The molecule has 50 valence electrons. The Morgan fingerprint density at radius 3 is 3.00 bits per heavy atom. The molecule has 2 fully saturated rings. The highest BCUT2D eigenvalue weighted by molar-refractivity contribution is 5.79. The maximum atomic E-state index is 10.9. The largest absolute Gasteiger partial charge is 0.369 e. The van der Waals surface area contributed by atoms with Crippen molar-refractivity contribution in [1.82, 2.24) is 4.90 Å². The van der Waals surface area contributed by atoms with Gasteiger partial charge in [-0.25, -0.2) is 0 Å². The molecule has 0 spiro atoms. The lowest BCUT2D eigenvalue weighted by atomic mass is 10.0. The Kier molecular flexibility index (Phi) is 0.990. The van der Waals surface area contributed by atoms with Crippen molar-refractivity contribution in [2.24, 2.45) is 0 Å². The summed E-state index contributed by atoms with van der Waals surface area (Å²) in [7, 11) is 0. The van der Waals surface area contributed by atoms with E-state index in [9.17, 15) is 4.79 Å². The maximum absolute atomic E-state index is 10.9. The SMILES string of the molecule is O=C1COCC2CCN12. The number of carbonyl (C=O) groups excluding carboxylic acids is 1. The summed E-state index contributed by atoms with van der Waals surface area (Å²) in [4.78, 5) is 12.7. The second-order valence-corrected chi connectivity index (χ2v) is 2.54. The lowest BCUT2D eigenvalue weighted by molar-refractivity contribution is -0.157. The number of hydrogen-bond acceptors (Lipinski definition) is 2. The van der Waals surface area contributed by atoms with Crippen LogP contribution in [0.3, 0.4) is 0 Å². The molecule has 2 heterocycles. The predicted octanol–water partition coefficient (Wildman–Crippen LogP) is -0.382. The van der Waals surface area contributed by atoms with E-state index in [0.717, 1.165) is 19.6 Å². The first-order chi connectivity index (χ1) is 4.38. The summed E-state index contributed by atoms with van der Waals surface area (Å²) in [6.07, 6.45) is 1.13. The van der Waals surface area contributed by atoms with Crippen molar-refractivity contribution < 1.29 is 9.53 Å². The molecule has 0 radical (unpaired) electrons. The number of amides is 1. The third kappa shape index (κ3) is 0.645. The van der Waals surface area contributed by atoms with Crippen molar-refractivity contribution >= 4 is 5.91 Å². The molecule has 3 heteroatoms. The molecule has 1 unspecified atom stereocenters. The van der Waals surface area contributed by atoms with E-state index in [4.69, 9.17) is 4.74 Å². The first-order valence-corrected chi connectivity index (χ1v) is 3.25. The van der Waals surface area contributed by atoms with Gasteiger partial charge in [0.05, 0.1) is 12.6 Å². The van der Waals surface area contributed by atoms with Crippen molar-refractivity contribution in [3.63, 3.8) is 0 Å². The molecule has 2 saturated heterocycles. The normalized spacial score (nSPS) is 33.6. The number of carbonyl (C=O) groups is 1. The Morgan fingerprint density at radius 1 is 1.67 bits per heavy atom. The fourth-order valence-corrected chi connectivity index (χ4v) is 1.31. The maximum Gasteiger partial charge on any atom is 0.248 e. The molecule has 0 saturated carbocycles. The van der Waals surface area contributed by atoms with Gasteiger partial charge in [0.2, 0.25) is 5.91 Å². The molecule has 2 aliphatic rings. The summed E-state index contributed by atoms with van der Waals surface area (Å²) in [6, 6.07) is 0.422. The number of ether oxygens (including phenoxy) is 1. The Morgan fingerprint density at radius 2 is 2.56 bits per heavy atom. The van der Waals surface area contributed by atoms with E-state index in [-0.39, 0.29) is 5.91 Å². The number of rotatable bonds is 0. The number of hydrogen-bond donors (Lipinski definition) is 0. The summed E-state index contributed by atoms with van der Waals surface area (Å²) in [5, 5.41) is 0. The van der Waals surface area contributed by atoms with Gasteiger partial charge in [-0.05, 0) is 6.42 Å². The fourth-order valence-electron chi connectivity index (χ4n) is 1.31. The monoisotopic (exact) mass is 127 g/mol. The average molecular weight is 127 g/mol. The van der Waals surface area contributed by atoms with Gasteiger partial charge in [0.1, 0.15) is 6.61 Å². The lowest BCUT2D eigenvalue weighted by Gasteiger charge is -2.43. The summed E-state index contributed by atoms with van der Waals surface area (Å²) in [6.45, 7) is 2.01. The second kappa shape index (κ2) is 1.70. The van der Waals surface area contributed by atoms with Crippen LogP contribution in [0.4, 0.5) is 0 Å². The predicted molar refractivity (Wildman–Crippen MR) is 30.9 cm³/mol. The molecule has 0 aromatic rings. The molecule has 9 heavy (non-hydrogen) atoms. The Hall–Kier alpha value is -0.570. The third-order valence-electron chi connectivity index (χ3n) is 2.00. The zero-order valence-corrected chi connectivity index (χ0v) is 5.17. The topological polar surface area (TPSA) is 29.5 Å². The van der Waals surface area contributed by atoms with Gasteiger partial charge in [-0.1, -0.05) is 0 Å². The molecule has 1 atom stereocenters. The summed E-state index contributed by atoms with van der Waals surface area (Å²) < 4.78 is 5.02. The van der Waals surface area contributed by atoms with Crippen molar-refractivity contribution in [2.45, 2.75) is 12.5 Å². The first-order valence-electron chi connectivity index (χ1n) is 3.25. The Bertz CT molecular complexity index is 146. The average Bonchev–Trinajstić information content (AvgIpc) is 1.74. The van der Waals surface area contributed by atoms with E-state index in [1.807, 2.05) is 4.90 Å². The highest BCUT2D eigenvalue weighted by Crippen LogP contribution is 2.20. The third-order valence-corrected chi connectivity index (χ3v) is 2.00. The van der Waals surface area contributed by atoms with Crippen LogP contribution in [0.5, 0.6) is 0 Å². The fraction of sp³-hybridized carbons (Fsp3) is 0.833. The quantitative estimate of drug-likeness (QED) is 0.444. The van der Waals surface area contributed by atoms with E-state index < -0.39 is 0 Å². The summed E-state index contributed by atoms with van der Waals surface area (Å²) in [5.41, 5.74) is 0. The molecule has 1 amide bonds. The van der Waals surface area contributed by atoms with Gasteiger partial charge in [0.25, 0.3) is 0 Å². The molecular formula is C6H9NO2. The number of morpholine rings is 1. The van der Waals surface area contributed by atoms with E-state index in [2.05, 4.69) is 0 Å². The zero-order chi connectivity index (χ0) is 6.27. The standard InChI is InChI=1S/C6H9NO2/c8-6-4-9-3-5-1-2-7(5)6/h5H,1-4H2. The molecule has 0 aliphatic carbocycles. The van der Waals surface area contributed by atoms with Gasteiger partial charge in [0.15, 0.2) is 0 Å². The van der Waals surface area contributed by atoms with Crippen LogP contribution in [0.25, 0.3) is 0 Å². The van der Waals surface area contributed by atoms with Crippen LogP contribution >= 0.6 is 0 Å². The van der Waals surface area contributed by atoms with Crippen molar-refractivity contribution in [2.75, 3.05) is 19.8 Å². The van der Waals surface area contributed by atoms with Crippen molar-refractivity contribution in [3.05, 3.63) is 0 Å². The minimum atomic E-state index is 0.164. The number of nitrogens with zero attached hydrogens (tertiary/aromatic N) is 1. The Labute approximate surface area is 53.6 Å². The van der Waals surface area contributed by atoms with Crippen LogP contribution in [0.15, 0.2) is 0 Å². The molecule has 0 N–H and O–H groups in total.